The fourth-order valence-corrected chi connectivity index (χ4v) is 1.71. The lowest BCUT2D eigenvalue weighted by atomic mass is 10.1. The van der Waals surface area contributed by atoms with Crippen molar-refractivity contribution >= 4 is 29.9 Å². The Morgan fingerprint density at radius 3 is 2.53 bits per heavy atom. The number of guanidine groups is 1. The third-order valence-corrected chi connectivity index (χ3v) is 2.36. The minimum Gasteiger partial charge on any atom is -0.370 e. The Hall–Kier alpha value is -0.820. The van der Waals surface area contributed by atoms with Gasteiger partial charge in [-0.15, -0.1) is 24.0 Å². The maximum Gasteiger partial charge on any atom is 0.189 e. The minimum atomic E-state index is 0. The molecule has 0 bridgehead atoms. The van der Waals surface area contributed by atoms with E-state index >= 15 is 0 Å². The van der Waals surface area contributed by atoms with E-state index in [0.29, 0.717) is 18.5 Å². The molecule has 0 aliphatic heterocycles. The summed E-state index contributed by atoms with van der Waals surface area (Å²) in [5.41, 5.74) is 8.25. The van der Waals surface area contributed by atoms with Gasteiger partial charge in [0.05, 0.1) is 6.54 Å². The second-order valence-corrected chi connectivity index (χ2v) is 5.06. The molecule has 0 saturated heterocycles. The van der Waals surface area contributed by atoms with Crippen LogP contribution in [0.2, 0.25) is 0 Å². The van der Waals surface area contributed by atoms with E-state index in [-0.39, 0.29) is 24.0 Å². The lowest BCUT2D eigenvalue weighted by Crippen LogP contribution is -2.36. The normalized spacial score (nSPS) is 11.6. The molecule has 1 aromatic rings. The molecule has 0 atom stereocenters. The third kappa shape index (κ3) is 8.05. The molecule has 0 heterocycles. The van der Waals surface area contributed by atoms with Gasteiger partial charge >= 0.3 is 0 Å². The summed E-state index contributed by atoms with van der Waals surface area (Å²) in [7, 11) is 4.13. The molecule has 0 aromatic heterocycles. The molecule has 4 nitrogen and oxygen atoms in total. The van der Waals surface area contributed by atoms with Gasteiger partial charge < -0.3 is 16.0 Å². The van der Waals surface area contributed by atoms with Gasteiger partial charge in [0, 0.05) is 12.6 Å². The molecule has 1 rings (SSSR count). The van der Waals surface area contributed by atoms with Crippen LogP contribution in [0.3, 0.4) is 0 Å². The van der Waals surface area contributed by atoms with Crippen molar-refractivity contribution < 1.29 is 0 Å². The number of hydrogen-bond donors (Lipinski definition) is 2. The van der Waals surface area contributed by atoms with Crippen LogP contribution in [0, 0.1) is 0 Å². The van der Waals surface area contributed by atoms with Crippen LogP contribution in [0.25, 0.3) is 0 Å². The van der Waals surface area contributed by atoms with Crippen molar-refractivity contribution in [3.63, 3.8) is 0 Å². The van der Waals surface area contributed by atoms with Gasteiger partial charge in [-0.1, -0.05) is 24.3 Å². The fraction of sp³-hybridized carbons (Fsp3) is 0.500. The van der Waals surface area contributed by atoms with Crippen LogP contribution in [-0.4, -0.2) is 31.0 Å². The zero-order valence-electron chi connectivity index (χ0n) is 12.2. The Bertz CT molecular complexity index is 402. The Morgan fingerprint density at radius 2 is 1.95 bits per heavy atom. The van der Waals surface area contributed by atoms with Gasteiger partial charge in [0.2, 0.25) is 0 Å². The standard InChI is InChI=1S/C14H24N4.HI/c1-11(2)17-14(15)16-9-12-6-5-7-13(8-12)10-18(3)4;/h5-8,11H,9-10H2,1-4H3,(H3,15,16,17);1H. The molecular formula is C14H25IN4. The van der Waals surface area contributed by atoms with Crippen molar-refractivity contribution in [2.75, 3.05) is 14.1 Å². The van der Waals surface area contributed by atoms with Crippen molar-refractivity contribution in [3.8, 4) is 0 Å². The molecule has 1 aromatic carbocycles. The zero-order valence-corrected chi connectivity index (χ0v) is 14.5. The summed E-state index contributed by atoms with van der Waals surface area (Å²) in [6.45, 7) is 5.64. The highest BCUT2D eigenvalue weighted by atomic mass is 127. The molecule has 0 radical (unpaired) electrons. The first-order valence-corrected chi connectivity index (χ1v) is 6.26. The van der Waals surface area contributed by atoms with E-state index in [9.17, 15) is 0 Å². The van der Waals surface area contributed by atoms with Gasteiger partial charge in [-0.3, -0.25) is 0 Å². The second kappa shape index (κ2) is 9.14. The SMILES string of the molecule is CC(C)NC(N)=NCc1cccc(CN(C)C)c1.I. The van der Waals surface area contributed by atoms with Crippen LogP contribution in [0.4, 0.5) is 0 Å². The average Bonchev–Trinajstić information content (AvgIpc) is 2.25. The first kappa shape index (κ1) is 18.2. The molecule has 0 unspecified atom stereocenters. The number of aliphatic imine (C=N–C) groups is 1. The number of nitrogens with two attached hydrogens (primary N) is 1. The molecule has 108 valence electrons. The Morgan fingerprint density at radius 1 is 1.32 bits per heavy atom. The van der Waals surface area contributed by atoms with E-state index in [2.05, 4.69) is 53.6 Å². The van der Waals surface area contributed by atoms with Crippen molar-refractivity contribution in [3.05, 3.63) is 35.4 Å². The quantitative estimate of drug-likeness (QED) is 0.471. The van der Waals surface area contributed by atoms with E-state index in [0.717, 1.165) is 6.54 Å². The van der Waals surface area contributed by atoms with Gasteiger partial charge in [0.25, 0.3) is 0 Å². The number of nitrogens with one attached hydrogen (secondary N) is 1. The number of halogens is 1. The third-order valence-electron chi connectivity index (χ3n) is 2.36. The first-order chi connectivity index (χ1) is 8.47. The van der Waals surface area contributed by atoms with Crippen LogP contribution in [0.1, 0.15) is 25.0 Å². The predicted octanol–water partition coefficient (Wildman–Crippen LogP) is 2.18. The molecule has 19 heavy (non-hydrogen) atoms. The van der Waals surface area contributed by atoms with Crippen molar-refractivity contribution in [1.29, 1.82) is 0 Å². The Balaban J connectivity index is 0.00000324. The summed E-state index contributed by atoms with van der Waals surface area (Å²) in [5, 5.41) is 3.08. The zero-order chi connectivity index (χ0) is 13.5. The summed E-state index contributed by atoms with van der Waals surface area (Å²) in [6.07, 6.45) is 0. The summed E-state index contributed by atoms with van der Waals surface area (Å²) < 4.78 is 0. The fourth-order valence-electron chi connectivity index (χ4n) is 1.71. The topological polar surface area (TPSA) is 53.6 Å². The van der Waals surface area contributed by atoms with Gasteiger partial charge in [-0.2, -0.15) is 0 Å². The molecule has 0 fully saturated rings. The summed E-state index contributed by atoms with van der Waals surface area (Å²) in [5.74, 6) is 0.503. The minimum absolute atomic E-state index is 0. The van der Waals surface area contributed by atoms with E-state index in [1.807, 2.05) is 13.8 Å². The number of benzene rings is 1. The largest absolute Gasteiger partial charge is 0.370 e. The maximum atomic E-state index is 5.77. The average molecular weight is 376 g/mol. The molecule has 0 amide bonds. The van der Waals surface area contributed by atoms with Crippen LogP contribution < -0.4 is 11.1 Å². The number of rotatable bonds is 5. The summed E-state index contributed by atoms with van der Waals surface area (Å²) in [4.78, 5) is 6.47. The van der Waals surface area contributed by atoms with Gasteiger partial charge in [-0.25, -0.2) is 4.99 Å². The van der Waals surface area contributed by atoms with Crippen molar-refractivity contribution in [2.24, 2.45) is 10.7 Å². The van der Waals surface area contributed by atoms with Crippen LogP contribution in [0.5, 0.6) is 0 Å². The van der Waals surface area contributed by atoms with E-state index in [4.69, 9.17) is 5.73 Å². The smallest absolute Gasteiger partial charge is 0.189 e. The highest BCUT2D eigenvalue weighted by Gasteiger charge is 1.99. The molecule has 0 aliphatic rings. The van der Waals surface area contributed by atoms with Gasteiger partial charge in [0.1, 0.15) is 0 Å². The lowest BCUT2D eigenvalue weighted by molar-refractivity contribution is 0.402. The first-order valence-electron chi connectivity index (χ1n) is 6.26. The Kier molecular flexibility index (Phi) is 8.75. The van der Waals surface area contributed by atoms with Crippen LogP contribution in [0.15, 0.2) is 29.3 Å². The molecular weight excluding hydrogens is 351 g/mol. The molecule has 0 aliphatic carbocycles. The second-order valence-electron chi connectivity index (χ2n) is 5.06. The lowest BCUT2D eigenvalue weighted by Gasteiger charge is -2.11. The van der Waals surface area contributed by atoms with E-state index < -0.39 is 0 Å². The predicted molar refractivity (Wildman–Crippen MR) is 92.8 cm³/mol. The molecule has 3 N–H and O–H groups in total. The van der Waals surface area contributed by atoms with Crippen LogP contribution >= 0.6 is 24.0 Å². The van der Waals surface area contributed by atoms with Crippen molar-refractivity contribution in [2.45, 2.75) is 33.0 Å². The van der Waals surface area contributed by atoms with Crippen molar-refractivity contribution in [1.82, 2.24) is 10.2 Å². The van der Waals surface area contributed by atoms with Gasteiger partial charge in [0.15, 0.2) is 5.96 Å². The number of nitrogens with zero attached hydrogens (tertiary/aromatic N) is 2. The highest BCUT2D eigenvalue weighted by molar-refractivity contribution is 14.0. The van der Waals surface area contributed by atoms with E-state index in [1.165, 1.54) is 11.1 Å². The van der Waals surface area contributed by atoms with Crippen LogP contribution in [-0.2, 0) is 13.1 Å². The van der Waals surface area contributed by atoms with E-state index in [1.54, 1.807) is 0 Å². The Labute approximate surface area is 133 Å². The molecule has 0 spiro atoms. The highest BCUT2D eigenvalue weighted by Crippen LogP contribution is 2.08. The summed E-state index contributed by atoms with van der Waals surface area (Å²) >= 11 is 0. The van der Waals surface area contributed by atoms with Gasteiger partial charge in [-0.05, 0) is 39.1 Å². The number of hydrogen-bond acceptors (Lipinski definition) is 2. The summed E-state index contributed by atoms with van der Waals surface area (Å²) in [6, 6.07) is 8.75. The maximum absolute atomic E-state index is 5.77. The molecule has 5 heteroatoms. The monoisotopic (exact) mass is 376 g/mol. The molecule has 0 saturated carbocycles.